The predicted molar refractivity (Wildman–Crippen MR) is 181 cm³/mol. The Morgan fingerprint density at radius 3 is 2.26 bits per heavy atom. The van der Waals surface area contributed by atoms with Crippen LogP contribution in [-0.2, 0) is 19.1 Å². The number of aliphatic hydroxyl groups is 1. The smallest absolute Gasteiger partial charge is 0.310 e. The molecule has 9 nitrogen and oxygen atoms in total. The highest BCUT2D eigenvalue weighted by molar-refractivity contribution is 6.20. The minimum atomic E-state index is -0.446. The molecule has 0 amide bonds. The molecule has 8 bridgehead atoms. The topological polar surface area (TPSA) is 122 Å². The molecule has 2 N–H and O–H groups in total. The van der Waals surface area contributed by atoms with Crippen molar-refractivity contribution in [1.82, 2.24) is 5.32 Å². The van der Waals surface area contributed by atoms with Crippen molar-refractivity contribution in [3.8, 4) is 0 Å². The maximum atomic E-state index is 13.0. The van der Waals surface area contributed by atoms with Crippen LogP contribution in [0.5, 0.6) is 0 Å². The van der Waals surface area contributed by atoms with Crippen molar-refractivity contribution in [3.05, 3.63) is 104 Å². The molecule has 0 aromatic carbocycles. The van der Waals surface area contributed by atoms with E-state index >= 15 is 0 Å². The van der Waals surface area contributed by atoms with Crippen LogP contribution in [-0.4, -0.2) is 48.4 Å². The van der Waals surface area contributed by atoms with Crippen LogP contribution in [0.25, 0.3) is 0 Å². The number of nitrogens with zero attached hydrogens (tertiary/aromatic N) is 3. The lowest BCUT2D eigenvalue weighted by molar-refractivity contribution is -0.141. The third-order valence-electron chi connectivity index (χ3n) is 9.47. The average molecular weight is 623 g/mol. The maximum absolute atomic E-state index is 13.0. The molecule has 5 rings (SSSR count). The largest absolute Gasteiger partial charge is 0.512 e. The monoisotopic (exact) mass is 622 g/mol. The van der Waals surface area contributed by atoms with E-state index in [4.69, 9.17) is 24.5 Å². The summed E-state index contributed by atoms with van der Waals surface area (Å²) in [6, 6.07) is 0. The van der Waals surface area contributed by atoms with Crippen LogP contribution in [0.3, 0.4) is 0 Å². The van der Waals surface area contributed by atoms with E-state index in [1.807, 2.05) is 38.2 Å². The molecule has 240 valence electrons. The van der Waals surface area contributed by atoms with E-state index in [2.05, 4.69) is 32.7 Å². The van der Waals surface area contributed by atoms with E-state index in [0.29, 0.717) is 29.0 Å². The molecule has 0 saturated carbocycles. The first-order chi connectivity index (χ1) is 21.9. The van der Waals surface area contributed by atoms with Crippen LogP contribution in [0.15, 0.2) is 119 Å². The number of aliphatic hydroxyl groups excluding tert-OH is 1. The maximum Gasteiger partial charge on any atom is 0.310 e. The van der Waals surface area contributed by atoms with Gasteiger partial charge >= 0.3 is 11.9 Å². The van der Waals surface area contributed by atoms with Gasteiger partial charge in [0.25, 0.3) is 0 Å². The first kappa shape index (κ1) is 32.6. The van der Waals surface area contributed by atoms with Gasteiger partial charge in [-0.15, -0.1) is 0 Å². The highest BCUT2D eigenvalue weighted by atomic mass is 16.5. The Morgan fingerprint density at radius 1 is 0.957 bits per heavy atom. The second kappa shape index (κ2) is 12.9. The first-order valence-electron chi connectivity index (χ1n) is 15.6. The molecule has 1 saturated heterocycles. The Bertz CT molecular complexity index is 1790. The lowest BCUT2D eigenvalue weighted by atomic mass is 9.84. The van der Waals surface area contributed by atoms with Crippen LogP contribution in [0.1, 0.15) is 67.2 Å². The molecule has 0 aliphatic carbocycles. The van der Waals surface area contributed by atoms with Gasteiger partial charge in [-0.1, -0.05) is 26.5 Å². The molecule has 0 aromatic heterocycles. The quantitative estimate of drug-likeness (QED) is 0.233. The number of carbonyl (C=O) groups excluding carboxylic acids is 2. The van der Waals surface area contributed by atoms with Gasteiger partial charge in [0.2, 0.25) is 0 Å². The highest BCUT2D eigenvalue weighted by Gasteiger charge is 2.39. The zero-order valence-electron chi connectivity index (χ0n) is 27.9. The summed E-state index contributed by atoms with van der Waals surface area (Å²) in [5.41, 5.74) is 12.0. The standard InChI is InChI=1S/C37H42N4O5/c1-10-23-18(3)27-15-29-20(5)25(12-13-33(43)45-8)36(40-29)26(14-34(44)46-9)37-35(22(7)42)21(6)30(41-37)17-32-24(11-2)19(4)28(39-32)16-31(23)38-27/h10,15-17,20,25,40,42H,1,11-14H2,2-9H3/b29-15?,31-16?,32-17?,35-22-,36-26?. The molecule has 5 heterocycles. The number of esters is 2. The van der Waals surface area contributed by atoms with Gasteiger partial charge in [-0.3, -0.25) is 9.59 Å². The van der Waals surface area contributed by atoms with Gasteiger partial charge in [-0.25, -0.2) is 15.0 Å². The van der Waals surface area contributed by atoms with Gasteiger partial charge in [0.05, 0.1) is 60.6 Å². The van der Waals surface area contributed by atoms with Gasteiger partial charge in [0, 0.05) is 46.4 Å². The minimum Gasteiger partial charge on any atom is -0.512 e. The number of allylic oxidation sites excluding steroid dienone is 12. The lowest BCUT2D eigenvalue weighted by Gasteiger charge is -2.20. The highest BCUT2D eigenvalue weighted by Crippen LogP contribution is 2.43. The van der Waals surface area contributed by atoms with Gasteiger partial charge in [-0.2, -0.15) is 0 Å². The van der Waals surface area contributed by atoms with Crippen LogP contribution >= 0.6 is 0 Å². The van der Waals surface area contributed by atoms with Crippen molar-refractivity contribution >= 4 is 29.1 Å². The fourth-order valence-corrected chi connectivity index (χ4v) is 6.81. The molecule has 2 atom stereocenters. The van der Waals surface area contributed by atoms with Crippen molar-refractivity contribution in [2.75, 3.05) is 14.2 Å². The number of nitrogens with one attached hydrogen (secondary N) is 1. The Hall–Kier alpha value is -4.79. The Kier molecular flexibility index (Phi) is 9.15. The summed E-state index contributed by atoms with van der Waals surface area (Å²) in [4.78, 5) is 40.5. The number of hydrogen-bond acceptors (Lipinski definition) is 9. The zero-order chi connectivity index (χ0) is 33.4. The van der Waals surface area contributed by atoms with E-state index in [1.54, 1.807) is 6.92 Å². The van der Waals surface area contributed by atoms with Crippen molar-refractivity contribution < 1.29 is 24.2 Å². The number of fused-ring (bicyclic) bond motifs is 5. The minimum absolute atomic E-state index is 0.0725. The summed E-state index contributed by atoms with van der Waals surface area (Å²) in [5, 5.41) is 14.7. The fraction of sp³-hybridized carbons (Fsp3) is 0.378. The van der Waals surface area contributed by atoms with Crippen LogP contribution in [0, 0.1) is 11.8 Å². The number of carbonyl (C=O) groups is 2. The summed E-state index contributed by atoms with van der Waals surface area (Å²) in [6.07, 6.45) is 9.17. The Morgan fingerprint density at radius 2 is 1.63 bits per heavy atom. The molecule has 1 fully saturated rings. The van der Waals surface area contributed by atoms with E-state index in [9.17, 15) is 14.7 Å². The third kappa shape index (κ3) is 5.70. The average Bonchev–Trinajstić information content (AvgIpc) is 3.71. The summed E-state index contributed by atoms with van der Waals surface area (Å²) in [5.74, 6) is -0.935. The van der Waals surface area contributed by atoms with E-state index in [1.165, 1.54) is 14.2 Å². The normalized spacial score (nSPS) is 23.5. The van der Waals surface area contributed by atoms with Crippen molar-refractivity contribution in [3.63, 3.8) is 0 Å². The van der Waals surface area contributed by atoms with Crippen LogP contribution in [0.2, 0.25) is 0 Å². The molecule has 0 aromatic rings. The van der Waals surface area contributed by atoms with Crippen molar-refractivity contribution in [1.29, 1.82) is 0 Å². The third-order valence-corrected chi connectivity index (χ3v) is 9.47. The Labute approximate surface area is 270 Å². The lowest BCUT2D eigenvalue weighted by Crippen LogP contribution is -2.21. The predicted octanol–water partition coefficient (Wildman–Crippen LogP) is 6.98. The molecule has 9 heteroatoms. The molecule has 0 radical (unpaired) electrons. The first-order valence-corrected chi connectivity index (χ1v) is 15.6. The molecular formula is C37H42N4O5. The number of ether oxygens (including phenoxy) is 2. The van der Waals surface area contributed by atoms with Gasteiger partial charge < -0.3 is 19.9 Å². The zero-order valence-corrected chi connectivity index (χ0v) is 27.9. The summed E-state index contributed by atoms with van der Waals surface area (Å²) < 4.78 is 10.1. The SMILES string of the molecule is C=CC1=C(C)C2=NC1=CC1=NC(=CC3=C(C)/C(=C(\C)O)C(=N3)C(CC(=O)OC)=C3NC(=C2)C(C)C3CCC(=O)OC)C(CC)=C1C. The van der Waals surface area contributed by atoms with Gasteiger partial charge in [0.1, 0.15) is 0 Å². The Balaban J connectivity index is 1.85. The van der Waals surface area contributed by atoms with Crippen molar-refractivity contribution in [2.45, 2.75) is 67.2 Å². The second-order valence-corrected chi connectivity index (χ2v) is 12.1. The molecule has 5 aliphatic heterocycles. The van der Waals surface area contributed by atoms with Crippen molar-refractivity contribution in [2.24, 2.45) is 26.8 Å². The second-order valence-electron chi connectivity index (χ2n) is 12.1. The molecule has 46 heavy (non-hydrogen) atoms. The van der Waals surface area contributed by atoms with E-state index in [0.717, 1.165) is 68.5 Å². The van der Waals surface area contributed by atoms with E-state index in [-0.39, 0.29) is 36.4 Å². The van der Waals surface area contributed by atoms with Crippen LogP contribution < -0.4 is 5.32 Å². The molecular weight excluding hydrogens is 580 g/mol. The summed E-state index contributed by atoms with van der Waals surface area (Å²) >= 11 is 0. The van der Waals surface area contributed by atoms with Gasteiger partial charge in [-0.05, 0) is 81.1 Å². The van der Waals surface area contributed by atoms with E-state index < -0.39 is 5.97 Å². The number of aliphatic imine (C=N–C) groups is 3. The summed E-state index contributed by atoms with van der Waals surface area (Å²) in [7, 11) is 2.73. The van der Waals surface area contributed by atoms with Crippen LogP contribution in [0.4, 0.5) is 0 Å². The summed E-state index contributed by atoms with van der Waals surface area (Å²) in [6.45, 7) is 15.9. The van der Waals surface area contributed by atoms with Gasteiger partial charge in [0.15, 0.2) is 0 Å². The molecule has 0 spiro atoms. The number of rotatable bonds is 7. The molecule has 5 aliphatic rings. The molecule has 2 unspecified atom stereocenters. The number of hydrogen-bond donors (Lipinski definition) is 2. The fourth-order valence-electron chi connectivity index (χ4n) is 6.81. The number of methoxy groups -OCH3 is 2.